The molecule has 0 aliphatic heterocycles. The van der Waals surface area contributed by atoms with E-state index in [9.17, 15) is 0 Å². The minimum absolute atomic E-state index is 0.524. The van der Waals surface area contributed by atoms with Gasteiger partial charge in [0.1, 0.15) is 5.75 Å². The number of methoxy groups -OCH3 is 1. The van der Waals surface area contributed by atoms with Gasteiger partial charge in [-0.25, -0.2) is 0 Å². The summed E-state index contributed by atoms with van der Waals surface area (Å²) >= 11 is 0. The van der Waals surface area contributed by atoms with E-state index < -0.39 is 0 Å². The molecular formula is C15H24N2O. The second kappa shape index (κ2) is 6.19. The van der Waals surface area contributed by atoms with Crippen molar-refractivity contribution in [1.82, 2.24) is 10.3 Å². The van der Waals surface area contributed by atoms with Crippen molar-refractivity contribution in [3.63, 3.8) is 0 Å². The van der Waals surface area contributed by atoms with Crippen molar-refractivity contribution in [3.8, 4) is 5.75 Å². The molecule has 18 heavy (non-hydrogen) atoms. The van der Waals surface area contributed by atoms with E-state index in [2.05, 4.69) is 24.1 Å². The van der Waals surface area contributed by atoms with Crippen LogP contribution in [0.4, 0.5) is 0 Å². The van der Waals surface area contributed by atoms with Gasteiger partial charge >= 0.3 is 0 Å². The zero-order chi connectivity index (χ0) is 13.0. The highest BCUT2D eigenvalue weighted by molar-refractivity contribution is 5.31. The van der Waals surface area contributed by atoms with Gasteiger partial charge in [-0.05, 0) is 43.9 Å². The van der Waals surface area contributed by atoms with Gasteiger partial charge in [-0.2, -0.15) is 0 Å². The molecule has 3 nitrogen and oxygen atoms in total. The third-order valence-corrected chi connectivity index (χ3v) is 4.09. The van der Waals surface area contributed by atoms with Crippen molar-refractivity contribution in [3.05, 3.63) is 24.0 Å². The monoisotopic (exact) mass is 248 g/mol. The fourth-order valence-electron chi connectivity index (χ4n) is 3.02. The SMILES string of the molecule is CCCNC1CCC(c2ncccc2OC)C1C. The maximum absolute atomic E-state index is 5.44. The Morgan fingerprint density at radius 2 is 2.28 bits per heavy atom. The Hall–Kier alpha value is -1.09. The Kier molecular flexibility index (Phi) is 4.59. The predicted octanol–water partition coefficient (Wildman–Crippen LogP) is 2.97. The Bertz CT molecular complexity index is 381. The molecule has 0 spiro atoms. The van der Waals surface area contributed by atoms with Crippen molar-refractivity contribution >= 4 is 0 Å². The first-order valence-corrected chi connectivity index (χ1v) is 7.00. The average Bonchev–Trinajstić information content (AvgIpc) is 2.77. The van der Waals surface area contributed by atoms with E-state index in [1.165, 1.54) is 19.3 Å². The zero-order valence-corrected chi connectivity index (χ0v) is 11.6. The molecule has 0 saturated heterocycles. The number of hydrogen-bond donors (Lipinski definition) is 1. The van der Waals surface area contributed by atoms with Gasteiger partial charge in [0.2, 0.25) is 0 Å². The van der Waals surface area contributed by atoms with Gasteiger partial charge in [0.15, 0.2) is 0 Å². The van der Waals surface area contributed by atoms with Crippen LogP contribution in [-0.2, 0) is 0 Å². The third-order valence-electron chi connectivity index (χ3n) is 4.09. The van der Waals surface area contributed by atoms with Gasteiger partial charge in [0.25, 0.3) is 0 Å². The molecule has 1 N–H and O–H groups in total. The minimum Gasteiger partial charge on any atom is -0.495 e. The molecule has 2 rings (SSSR count). The van der Waals surface area contributed by atoms with Crippen LogP contribution in [0.15, 0.2) is 18.3 Å². The Balaban J connectivity index is 2.10. The number of nitrogens with one attached hydrogen (secondary N) is 1. The van der Waals surface area contributed by atoms with Crippen LogP contribution in [0.3, 0.4) is 0 Å². The molecule has 3 unspecified atom stereocenters. The summed E-state index contributed by atoms with van der Waals surface area (Å²) in [6.07, 6.45) is 5.51. The van der Waals surface area contributed by atoms with E-state index in [0.717, 1.165) is 18.0 Å². The van der Waals surface area contributed by atoms with E-state index in [1.807, 2.05) is 18.3 Å². The number of aromatic nitrogens is 1. The molecule has 3 heteroatoms. The van der Waals surface area contributed by atoms with Crippen molar-refractivity contribution in [1.29, 1.82) is 0 Å². The highest BCUT2D eigenvalue weighted by atomic mass is 16.5. The van der Waals surface area contributed by atoms with E-state index >= 15 is 0 Å². The molecule has 1 aliphatic carbocycles. The largest absolute Gasteiger partial charge is 0.495 e. The molecule has 100 valence electrons. The molecule has 0 radical (unpaired) electrons. The fourth-order valence-corrected chi connectivity index (χ4v) is 3.02. The smallest absolute Gasteiger partial charge is 0.140 e. The highest BCUT2D eigenvalue weighted by Crippen LogP contribution is 2.41. The van der Waals surface area contributed by atoms with Crippen LogP contribution in [0, 0.1) is 5.92 Å². The summed E-state index contributed by atoms with van der Waals surface area (Å²) in [6, 6.07) is 4.58. The first kappa shape index (κ1) is 13.3. The maximum Gasteiger partial charge on any atom is 0.140 e. The van der Waals surface area contributed by atoms with Crippen molar-refractivity contribution in [2.45, 2.75) is 45.1 Å². The van der Waals surface area contributed by atoms with Gasteiger partial charge in [-0.15, -0.1) is 0 Å². The van der Waals surface area contributed by atoms with E-state index in [0.29, 0.717) is 17.9 Å². The van der Waals surface area contributed by atoms with E-state index in [1.54, 1.807) is 7.11 Å². The molecule has 1 aliphatic rings. The topological polar surface area (TPSA) is 34.2 Å². The quantitative estimate of drug-likeness (QED) is 0.870. The number of nitrogens with zero attached hydrogens (tertiary/aromatic N) is 1. The van der Waals surface area contributed by atoms with Crippen LogP contribution in [-0.4, -0.2) is 24.7 Å². The van der Waals surface area contributed by atoms with Crippen molar-refractivity contribution in [2.24, 2.45) is 5.92 Å². The number of pyridine rings is 1. The van der Waals surface area contributed by atoms with E-state index in [-0.39, 0.29) is 0 Å². The number of rotatable bonds is 5. The molecule has 0 aromatic carbocycles. The lowest BCUT2D eigenvalue weighted by molar-refractivity contribution is 0.375. The summed E-state index contributed by atoms with van der Waals surface area (Å²) < 4.78 is 5.44. The number of ether oxygens (including phenoxy) is 1. The molecule has 1 fully saturated rings. The molecule has 0 amide bonds. The summed E-state index contributed by atoms with van der Waals surface area (Å²) in [5, 5.41) is 3.65. The highest BCUT2D eigenvalue weighted by Gasteiger charge is 2.35. The summed E-state index contributed by atoms with van der Waals surface area (Å²) in [5.74, 6) is 2.08. The Morgan fingerprint density at radius 1 is 1.44 bits per heavy atom. The normalized spacial score (nSPS) is 27.4. The lowest BCUT2D eigenvalue weighted by atomic mass is 9.91. The standard InChI is InChI=1S/C15H24N2O/c1-4-9-16-13-8-7-12(11(13)2)15-14(18-3)6-5-10-17-15/h5-6,10-13,16H,4,7-9H2,1-3H3. The first-order valence-electron chi connectivity index (χ1n) is 7.00. The molecular weight excluding hydrogens is 224 g/mol. The lowest BCUT2D eigenvalue weighted by Gasteiger charge is -2.22. The van der Waals surface area contributed by atoms with Crippen molar-refractivity contribution in [2.75, 3.05) is 13.7 Å². The summed E-state index contributed by atoms with van der Waals surface area (Å²) in [4.78, 5) is 4.54. The second-order valence-corrected chi connectivity index (χ2v) is 5.19. The maximum atomic E-state index is 5.44. The fraction of sp³-hybridized carbons (Fsp3) is 0.667. The molecule has 3 atom stereocenters. The number of hydrogen-bond acceptors (Lipinski definition) is 3. The van der Waals surface area contributed by atoms with Gasteiger partial charge in [0, 0.05) is 18.2 Å². The van der Waals surface area contributed by atoms with Crippen LogP contribution < -0.4 is 10.1 Å². The lowest BCUT2D eigenvalue weighted by Crippen LogP contribution is -2.33. The van der Waals surface area contributed by atoms with Crippen LogP contribution in [0.25, 0.3) is 0 Å². The molecule has 1 aromatic heterocycles. The Labute approximate surface area is 110 Å². The molecule has 1 saturated carbocycles. The van der Waals surface area contributed by atoms with Gasteiger partial charge in [0.05, 0.1) is 12.8 Å². The average molecular weight is 248 g/mol. The summed E-state index contributed by atoms with van der Waals surface area (Å²) in [5.41, 5.74) is 1.13. The summed E-state index contributed by atoms with van der Waals surface area (Å²) in [7, 11) is 1.73. The molecule has 1 heterocycles. The Morgan fingerprint density at radius 3 is 3.00 bits per heavy atom. The first-order chi connectivity index (χ1) is 8.77. The van der Waals surface area contributed by atoms with Gasteiger partial charge < -0.3 is 10.1 Å². The molecule has 0 bridgehead atoms. The van der Waals surface area contributed by atoms with Crippen LogP contribution in [0.5, 0.6) is 5.75 Å². The van der Waals surface area contributed by atoms with Crippen LogP contribution in [0.2, 0.25) is 0 Å². The van der Waals surface area contributed by atoms with Gasteiger partial charge in [-0.3, -0.25) is 4.98 Å². The van der Waals surface area contributed by atoms with E-state index in [4.69, 9.17) is 4.74 Å². The van der Waals surface area contributed by atoms with Crippen LogP contribution in [0.1, 0.15) is 44.7 Å². The molecule has 1 aromatic rings. The van der Waals surface area contributed by atoms with Crippen LogP contribution >= 0.6 is 0 Å². The minimum atomic E-state index is 0.524. The van der Waals surface area contributed by atoms with Gasteiger partial charge in [-0.1, -0.05) is 13.8 Å². The zero-order valence-electron chi connectivity index (χ0n) is 11.6. The van der Waals surface area contributed by atoms with Crippen molar-refractivity contribution < 1.29 is 4.74 Å². The second-order valence-electron chi connectivity index (χ2n) is 5.19. The third kappa shape index (κ3) is 2.66. The summed E-state index contributed by atoms with van der Waals surface area (Å²) in [6.45, 7) is 5.66. The predicted molar refractivity (Wildman–Crippen MR) is 74.0 cm³/mol.